The lowest BCUT2D eigenvalue weighted by Crippen LogP contribution is -2.38. The Balaban J connectivity index is 0.00000200. The summed E-state index contributed by atoms with van der Waals surface area (Å²) in [6, 6.07) is 0. The topological polar surface area (TPSA) is 39.7 Å². The number of halogens is 1. The van der Waals surface area contributed by atoms with E-state index in [9.17, 15) is 0 Å². The summed E-state index contributed by atoms with van der Waals surface area (Å²) in [5.74, 6) is 1.88. The Morgan fingerprint density at radius 3 is 2.55 bits per heavy atom. The van der Waals surface area contributed by atoms with Crippen LogP contribution in [-0.4, -0.2) is 50.1 Å². The van der Waals surface area contributed by atoms with E-state index in [2.05, 4.69) is 27.4 Å². The fraction of sp³-hybridized carbons (Fsp3) is 0.933. The Labute approximate surface area is 141 Å². The number of nitrogens with zero attached hydrogens (tertiary/aromatic N) is 2. The number of guanidine groups is 1. The molecule has 118 valence electrons. The second kappa shape index (κ2) is 10.7. The molecule has 1 saturated carbocycles. The van der Waals surface area contributed by atoms with Gasteiger partial charge < -0.3 is 15.5 Å². The van der Waals surface area contributed by atoms with Gasteiger partial charge in [0.15, 0.2) is 5.96 Å². The molecular weight excluding hydrogens is 363 g/mol. The summed E-state index contributed by atoms with van der Waals surface area (Å²) in [6.07, 6.45) is 8.09. The Morgan fingerprint density at radius 2 is 1.90 bits per heavy atom. The number of nitrogens with one attached hydrogen (secondary N) is 2. The van der Waals surface area contributed by atoms with E-state index in [0.717, 1.165) is 31.5 Å². The van der Waals surface area contributed by atoms with Gasteiger partial charge in [0, 0.05) is 19.6 Å². The molecule has 0 spiro atoms. The molecule has 2 aliphatic rings. The molecule has 2 N–H and O–H groups in total. The average molecular weight is 394 g/mol. The van der Waals surface area contributed by atoms with Gasteiger partial charge >= 0.3 is 0 Å². The fourth-order valence-corrected chi connectivity index (χ4v) is 2.54. The van der Waals surface area contributed by atoms with Gasteiger partial charge in [0.2, 0.25) is 0 Å². The summed E-state index contributed by atoms with van der Waals surface area (Å²) >= 11 is 0. The molecule has 1 saturated heterocycles. The number of aliphatic imine (C=N–C) groups is 1. The SMILES string of the molecule is CCNC(=NCC1CC1)NCCCCN1CCCC1.I. The molecule has 0 unspecified atom stereocenters. The molecule has 20 heavy (non-hydrogen) atoms. The number of hydrogen-bond acceptors (Lipinski definition) is 2. The highest BCUT2D eigenvalue weighted by Gasteiger charge is 2.20. The second-order valence-corrected chi connectivity index (χ2v) is 5.85. The third-order valence-corrected chi connectivity index (χ3v) is 3.94. The zero-order valence-corrected chi connectivity index (χ0v) is 15.2. The van der Waals surface area contributed by atoms with Crippen LogP contribution < -0.4 is 10.6 Å². The van der Waals surface area contributed by atoms with E-state index in [0.29, 0.717) is 0 Å². The molecular formula is C15H31IN4. The van der Waals surface area contributed by atoms with Crippen LogP contribution in [0.1, 0.15) is 45.4 Å². The molecule has 0 aromatic rings. The molecule has 0 atom stereocenters. The first-order valence-corrected chi connectivity index (χ1v) is 8.13. The molecule has 1 aliphatic heterocycles. The molecule has 0 bridgehead atoms. The largest absolute Gasteiger partial charge is 0.357 e. The van der Waals surface area contributed by atoms with Crippen LogP contribution in [-0.2, 0) is 0 Å². The molecule has 2 fully saturated rings. The summed E-state index contributed by atoms with van der Waals surface area (Å²) in [4.78, 5) is 7.22. The smallest absolute Gasteiger partial charge is 0.191 e. The Hall–Kier alpha value is -0.0400. The van der Waals surface area contributed by atoms with Gasteiger partial charge in [-0.3, -0.25) is 4.99 Å². The molecule has 4 nitrogen and oxygen atoms in total. The summed E-state index contributed by atoms with van der Waals surface area (Å²) in [7, 11) is 0. The number of unbranched alkanes of at least 4 members (excludes halogenated alkanes) is 1. The first-order chi connectivity index (χ1) is 9.38. The van der Waals surface area contributed by atoms with E-state index in [4.69, 9.17) is 0 Å². The molecule has 5 heteroatoms. The summed E-state index contributed by atoms with van der Waals surface area (Å²) in [5, 5.41) is 6.78. The first kappa shape index (κ1) is 18.0. The van der Waals surface area contributed by atoms with Crippen molar-refractivity contribution in [2.24, 2.45) is 10.9 Å². The number of rotatable bonds is 8. The van der Waals surface area contributed by atoms with Crippen molar-refractivity contribution in [1.82, 2.24) is 15.5 Å². The molecule has 1 heterocycles. The van der Waals surface area contributed by atoms with Crippen LogP contribution in [0.25, 0.3) is 0 Å². The average Bonchev–Trinajstić information content (AvgIpc) is 3.10. The molecule has 0 amide bonds. The molecule has 0 aromatic heterocycles. The zero-order chi connectivity index (χ0) is 13.3. The van der Waals surface area contributed by atoms with Gasteiger partial charge in [-0.15, -0.1) is 24.0 Å². The van der Waals surface area contributed by atoms with Gasteiger partial charge in [-0.1, -0.05) is 0 Å². The monoisotopic (exact) mass is 394 g/mol. The Kier molecular flexibility index (Phi) is 9.59. The highest BCUT2D eigenvalue weighted by molar-refractivity contribution is 14.0. The van der Waals surface area contributed by atoms with Gasteiger partial charge in [-0.25, -0.2) is 0 Å². The van der Waals surface area contributed by atoms with Crippen LogP contribution in [0.2, 0.25) is 0 Å². The van der Waals surface area contributed by atoms with E-state index in [1.165, 1.54) is 58.2 Å². The third-order valence-electron chi connectivity index (χ3n) is 3.94. The minimum Gasteiger partial charge on any atom is -0.357 e. The van der Waals surface area contributed by atoms with Crippen molar-refractivity contribution in [2.75, 3.05) is 39.3 Å². The van der Waals surface area contributed by atoms with E-state index in [1.54, 1.807) is 0 Å². The number of hydrogen-bond donors (Lipinski definition) is 2. The lowest BCUT2D eigenvalue weighted by atomic mass is 10.3. The van der Waals surface area contributed by atoms with Crippen molar-refractivity contribution in [2.45, 2.75) is 45.4 Å². The van der Waals surface area contributed by atoms with Crippen molar-refractivity contribution in [1.29, 1.82) is 0 Å². The highest BCUT2D eigenvalue weighted by atomic mass is 127. The quantitative estimate of drug-likeness (QED) is 0.288. The lowest BCUT2D eigenvalue weighted by Gasteiger charge is -2.15. The fourth-order valence-electron chi connectivity index (χ4n) is 2.54. The van der Waals surface area contributed by atoms with Crippen LogP contribution in [0, 0.1) is 5.92 Å². The van der Waals surface area contributed by atoms with Gasteiger partial charge in [0.1, 0.15) is 0 Å². The van der Waals surface area contributed by atoms with E-state index in [1.807, 2.05) is 0 Å². The van der Waals surface area contributed by atoms with E-state index < -0.39 is 0 Å². The van der Waals surface area contributed by atoms with Crippen molar-refractivity contribution in [3.63, 3.8) is 0 Å². The summed E-state index contributed by atoms with van der Waals surface area (Å²) in [5.41, 5.74) is 0. The molecule has 2 rings (SSSR count). The standard InChI is InChI=1S/C15H30N4.HI/c1-2-16-15(18-13-14-7-8-14)17-9-3-4-10-19-11-5-6-12-19;/h14H,2-13H2,1H3,(H2,16,17,18);1H. The van der Waals surface area contributed by atoms with Crippen molar-refractivity contribution >= 4 is 29.9 Å². The maximum atomic E-state index is 4.63. The first-order valence-electron chi connectivity index (χ1n) is 8.13. The number of likely N-dealkylation sites (tertiary alicyclic amines) is 1. The molecule has 0 aromatic carbocycles. The van der Waals surface area contributed by atoms with E-state index in [-0.39, 0.29) is 24.0 Å². The second-order valence-electron chi connectivity index (χ2n) is 5.85. The van der Waals surface area contributed by atoms with Gasteiger partial charge in [0.05, 0.1) is 0 Å². The summed E-state index contributed by atoms with van der Waals surface area (Å²) in [6.45, 7) is 9.04. The lowest BCUT2D eigenvalue weighted by molar-refractivity contribution is 0.330. The van der Waals surface area contributed by atoms with E-state index >= 15 is 0 Å². The maximum absolute atomic E-state index is 4.63. The van der Waals surface area contributed by atoms with Gasteiger partial charge in [-0.2, -0.15) is 0 Å². The zero-order valence-electron chi connectivity index (χ0n) is 12.9. The minimum atomic E-state index is 0. The van der Waals surface area contributed by atoms with Crippen LogP contribution in [0.4, 0.5) is 0 Å². The minimum absolute atomic E-state index is 0. The van der Waals surface area contributed by atoms with Crippen LogP contribution in [0.3, 0.4) is 0 Å². The molecule has 0 radical (unpaired) electrons. The van der Waals surface area contributed by atoms with Crippen LogP contribution >= 0.6 is 24.0 Å². The van der Waals surface area contributed by atoms with Gasteiger partial charge in [-0.05, 0) is 71.0 Å². The predicted octanol–water partition coefficient (Wildman–Crippen LogP) is 2.45. The Bertz CT molecular complexity index is 273. The van der Waals surface area contributed by atoms with Crippen LogP contribution in [0.15, 0.2) is 4.99 Å². The highest BCUT2D eigenvalue weighted by Crippen LogP contribution is 2.28. The summed E-state index contributed by atoms with van der Waals surface area (Å²) < 4.78 is 0. The normalized spacial score (nSPS) is 19.8. The van der Waals surface area contributed by atoms with Crippen molar-refractivity contribution in [3.8, 4) is 0 Å². The Morgan fingerprint density at radius 1 is 1.15 bits per heavy atom. The van der Waals surface area contributed by atoms with Crippen molar-refractivity contribution < 1.29 is 0 Å². The van der Waals surface area contributed by atoms with Crippen molar-refractivity contribution in [3.05, 3.63) is 0 Å². The molecule has 1 aliphatic carbocycles. The third kappa shape index (κ3) is 7.67. The maximum Gasteiger partial charge on any atom is 0.191 e. The predicted molar refractivity (Wildman–Crippen MR) is 97.0 cm³/mol. The van der Waals surface area contributed by atoms with Gasteiger partial charge in [0.25, 0.3) is 0 Å². The van der Waals surface area contributed by atoms with Crippen LogP contribution in [0.5, 0.6) is 0 Å².